The minimum atomic E-state index is -3.57. The highest BCUT2D eigenvalue weighted by atomic mass is 32.2. The van der Waals surface area contributed by atoms with Crippen LogP contribution in [-0.2, 0) is 14.8 Å². The lowest BCUT2D eigenvalue weighted by Gasteiger charge is -2.34. The fourth-order valence-corrected chi connectivity index (χ4v) is 3.25. The second-order valence-electron chi connectivity index (χ2n) is 4.22. The van der Waals surface area contributed by atoms with Crippen molar-refractivity contribution in [2.45, 2.75) is 17.9 Å². The van der Waals surface area contributed by atoms with Gasteiger partial charge in [0.05, 0.1) is 23.2 Å². The van der Waals surface area contributed by atoms with Gasteiger partial charge >= 0.3 is 5.97 Å². The molecule has 104 valence electrons. The van der Waals surface area contributed by atoms with Crippen LogP contribution in [0.4, 0.5) is 0 Å². The quantitative estimate of drug-likeness (QED) is 0.801. The van der Waals surface area contributed by atoms with Crippen LogP contribution < -0.4 is 0 Å². The highest BCUT2D eigenvalue weighted by Crippen LogP contribution is 2.21. The van der Waals surface area contributed by atoms with Crippen molar-refractivity contribution in [1.82, 2.24) is 4.31 Å². The molecule has 0 unspecified atom stereocenters. The molecule has 0 saturated carbocycles. The van der Waals surface area contributed by atoms with E-state index in [9.17, 15) is 13.2 Å². The smallest absolute Gasteiger partial charge is 0.338 e. The summed E-state index contributed by atoms with van der Waals surface area (Å²) < 4.78 is 30.1. The molecule has 0 bridgehead atoms. The van der Waals surface area contributed by atoms with E-state index < -0.39 is 22.1 Å². The minimum Gasteiger partial charge on any atom is -0.462 e. The number of hydrogen-bond acceptors (Lipinski definition) is 5. The predicted molar refractivity (Wildman–Crippen MR) is 67.2 cm³/mol. The Labute approximate surface area is 111 Å². The lowest BCUT2D eigenvalue weighted by Crippen LogP contribution is -2.53. The van der Waals surface area contributed by atoms with Crippen LogP contribution >= 0.6 is 0 Å². The Kier molecular flexibility index (Phi) is 3.88. The number of nitrogens with zero attached hydrogens (tertiary/aromatic N) is 1. The van der Waals surface area contributed by atoms with E-state index in [4.69, 9.17) is 9.84 Å². The van der Waals surface area contributed by atoms with E-state index in [1.807, 2.05) is 0 Å². The second-order valence-corrected chi connectivity index (χ2v) is 6.16. The standard InChI is InChI=1S/C12H15NO5S/c1-2-18-12(15)9-3-5-11(6-4-9)19(16,17)13-7-10(14)8-13/h3-6,10,14H,2,7-8H2,1H3. The molecule has 0 aromatic heterocycles. The van der Waals surface area contributed by atoms with E-state index in [1.54, 1.807) is 6.92 Å². The number of aliphatic hydroxyl groups is 1. The van der Waals surface area contributed by atoms with Gasteiger partial charge in [0.2, 0.25) is 10.0 Å². The molecule has 19 heavy (non-hydrogen) atoms. The first-order valence-corrected chi connectivity index (χ1v) is 7.34. The fraction of sp³-hybridized carbons (Fsp3) is 0.417. The minimum absolute atomic E-state index is 0.104. The number of benzene rings is 1. The Morgan fingerprint density at radius 1 is 1.37 bits per heavy atom. The molecule has 0 aliphatic carbocycles. The first-order valence-electron chi connectivity index (χ1n) is 5.90. The number of rotatable bonds is 4. The van der Waals surface area contributed by atoms with Crippen LogP contribution in [0.5, 0.6) is 0 Å². The number of sulfonamides is 1. The maximum Gasteiger partial charge on any atom is 0.338 e. The molecule has 1 N–H and O–H groups in total. The van der Waals surface area contributed by atoms with Crippen molar-refractivity contribution in [2.24, 2.45) is 0 Å². The van der Waals surface area contributed by atoms with Crippen molar-refractivity contribution in [3.05, 3.63) is 29.8 Å². The summed E-state index contributed by atoms with van der Waals surface area (Å²) in [6.07, 6.45) is -0.589. The van der Waals surface area contributed by atoms with Gasteiger partial charge in [0.15, 0.2) is 0 Å². The average Bonchev–Trinajstić information content (AvgIpc) is 2.35. The normalized spacial score (nSPS) is 16.9. The molecule has 1 aromatic carbocycles. The SMILES string of the molecule is CCOC(=O)c1ccc(S(=O)(=O)N2CC(O)C2)cc1. The zero-order valence-corrected chi connectivity index (χ0v) is 11.3. The van der Waals surface area contributed by atoms with Crippen molar-refractivity contribution in [1.29, 1.82) is 0 Å². The Balaban J connectivity index is 2.16. The second kappa shape index (κ2) is 5.28. The number of esters is 1. The number of ether oxygens (including phenoxy) is 1. The molecule has 7 heteroatoms. The molecule has 0 atom stereocenters. The highest BCUT2D eigenvalue weighted by Gasteiger charge is 2.35. The lowest BCUT2D eigenvalue weighted by molar-refractivity contribution is 0.0526. The molecule has 6 nitrogen and oxygen atoms in total. The molecule has 1 aliphatic heterocycles. The highest BCUT2D eigenvalue weighted by molar-refractivity contribution is 7.89. The van der Waals surface area contributed by atoms with Crippen molar-refractivity contribution in [2.75, 3.05) is 19.7 Å². The molecule has 0 spiro atoms. The van der Waals surface area contributed by atoms with Crippen LogP contribution in [0.25, 0.3) is 0 Å². The summed E-state index contributed by atoms with van der Waals surface area (Å²) in [6, 6.07) is 5.57. The van der Waals surface area contributed by atoms with E-state index in [-0.39, 0.29) is 24.6 Å². The zero-order chi connectivity index (χ0) is 14.0. The van der Waals surface area contributed by atoms with Crippen LogP contribution in [0, 0.1) is 0 Å². The van der Waals surface area contributed by atoms with Crippen LogP contribution in [0.15, 0.2) is 29.2 Å². The molecule has 1 aliphatic rings. The molecule has 1 saturated heterocycles. The topological polar surface area (TPSA) is 83.9 Å². The Morgan fingerprint density at radius 3 is 2.42 bits per heavy atom. The third-order valence-electron chi connectivity index (χ3n) is 2.83. The summed E-state index contributed by atoms with van der Waals surface area (Å²) in [5.41, 5.74) is 0.310. The van der Waals surface area contributed by atoms with Crippen LogP contribution in [0.3, 0.4) is 0 Å². The van der Waals surface area contributed by atoms with Crippen LogP contribution in [-0.4, -0.2) is 49.6 Å². The van der Waals surface area contributed by atoms with Gasteiger partial charge in [-0.15, -0.1) is 0 Å². The van der Waals surface area contributed by atoms with E-state index in [2.05, 4.69) is 0 Å². The van der Waals surface area contributed by atoms with Crippen molar-refractivity contribution >= 4 is 16.0 Å². The van der Waals surface area contributed by atoms with Gasteiger partial charge in [0.1, 0.15) is 0 Å². The van der Waals surface area contributed by atoms with Gasteiger partial charge in [0, 0.05) is 13.1 Å². The molecular weight excluding hydrogens is 270 g/mol. The van der Waals surface area contributed by atoms with Gasteiger partial charge in [-0.3, -0.25) is 0 Å². The van der Waals surface area contributed by atoms with Crippen LogP contribution in [0.1, 0.15) is 17.3 Å². The Hall–Kier alpha value is -1.44. The summed E-state index contributed by atoms with van der Waals surface area (Å²) in [7, 11) is -3.57. The zero-order valence-electron chi connectivity index (χ0n) is 10.4. The van der Waals surface area contributed by atoms with Gasteiger partial charge in [-0.05, 0) is 31.2 Å². The predicted octanol–water partition coefficient (Wildman–Crippen LogP) is 0.228. The fourth-order valence-electron chi connectivity index (χ4n) is 1.74. The molecule has 0 radical (unpaired) electrons. The van der Waals surface area contributed by atoms with E-state index in [0.29, 0.717) is 5.56 Å². The van der Waals surface area contributed by atoms with Crippen LogP contribution in [0.2, 0.25) is 0 Å². The largest absolute Gasteiger partial charge is 0.462 e. The lowest BCUT2D eigenvalue weighted by atomic mass is 10.2. The van der Waals surface area contributed by atoms with Gasteiger partial charge in [-0.1, -0.05) is 0 Å². The third-order valence-corrected chi connectivity index (χ3v) is 4.68. The van der Waals surface area contributed by atoms with E-state index in [1.165, 1.54) is 28.6 Å². The number of hydrogen-bond donors (Lipinski definition) is 1. The van der Waals surface area contributed by atoms with E-state index in [0.717, 1.165) is 0 Å². The first-order chi connectivity index (χ1) is 8.95. The Bertz CT molecular complexity index is 560. The molecule has 2 rings (SSSR count). The maximum atomic E-state index is 12.1. The van der Waals surface area contributed by atoms with E-state index >= 15 is 0 Å². The molecule has 1 aromatic rings. The van der Waals surface area contributed by atoms with Crippen molar-refractivity contribution < 1.29 is 23.1 Å². The van der Waals surface area contributed by atoms with Crippen molar-refractivity contribution in [3.63, 3.8) is 0 Å². The summed E-state index contributed by atoms with van der Waals surface area (Å²) in [5, 5.41) is 9.14. The van der Waals surface area contributed by atoms with Gasteiger partial charge < -0.3 is 9.84 Å². The van der Waals surface area contributed by atoms with Gasteiger partial charge in [-0.2, -0.15) is 4.31 Å². The Morgan fingerprint density at radius 2 is 1.95 bits per heavy atom. The van der Waals surface area contributed by atoms with Gasteiger partial charge in [-0.25, -0.2) is 13.2 Å². The number of carbonyl (C=O) groups is 1. The monoisotopic (exact) mass is 285 g/mol. The first kappa shape index (κ1) is 14.0. The summed E-state index contributed by atoms with van der Waals surface area (Å²) in [4.78, 5) is 11.5. The number of aliphatic hydroxyl groups excluding tert-OH is 1. The summed E-state index contributed by atoms with van der Waals surface area (Å²) >= 11 is 0. The van der Waals surface area contributed by atoms with Crippen molar-refractivity contribution in [3.8, 4) is 0 Å². The number of β-amino-alcohol motifs (C(OH)–C–C–N with tert-alkyl or cyclic N) is 1. The third kappa shape index (κ3) is 2.78. The average molecular weight is 285 g/mol. The molecule has 1 fully saturated rings. The van der Waals surface area contributed by atoms with Gasteiger partial charge in [0.25, 0.3) is 0 Å². The maximum absolute atomic E-state index is 12.1. The molecule has 1 heterocycles. The summed E-state index contributed by atoms with van der Waals surface area (Å²) in [5.74, 6) is -0.481. The molecular formula is C12H15NO5S. The molecule has 0 amide bonds. The number of carbonyl (C=O) groups excluding carboxylic acids is 1. The summed E-state index contributed by atoms with van der Waals surface area (Å²) in [6.45, 7) is 2.19.